The zero-order valence-corrected chi connectivity index (χ0v) is 10.8. The number of nitrogens with zero attached hydrogens (tertiary/aromatic N) is 4. The molecule has 0 N–H and O–H groups in total. The van der Waals surface area contributed by atoms with Crippen molar-refractivity contribution in [3.05, 3.63) is 42.7 Å². The van der Waals surface area contributed by atoms with Crippen molar-refractivity contribution in [1.82, 2.24) is 18.2 Å². The second kappa shape index (κ2) is 3.77. The van der Waals surface area contributed by atoms with E-state index in [0.717, 1.165) is 22.7 Å². The summed E-state index contributed by atoms with van der Waals surface area (Å²) in [6.45, 7) is 0. The van der Waals surface area contributed by atoms with Crippen LogP contribution in [0, 0.1) is 0 Å². The van der Waals surface area contributed by atoms with Gasteiger partial charge in [-0.2, -0.15) is 0 Å². The van der Waals surface area contributed by atoms with Crippen LogP contribution in [0.5, 0.6) is 0 Å². The Balaban J connectivity index is 2.29. The van der Waals surface area contributed by atoms with E-state index in [2.05, 4.69) is 18.2 Å². The molecular weight excluding hydrogens is 258 g/mol. The van der Waals surface area contributed by atoms with Crippen LogP contribution in [0.1, 0.15) is 0 Å². The standard InChI is InChI=1S/C11H7N4.Ga/c1-2-6-12-8(4-1)11-14-9-5-3-7-13-10(9)15-11;/h1-7H;/q-1;+1. The van der Waals surface area contributed by atoms with E-state index in [1.165, 1.54) is 18.8 Å². The van der Waals surface area contributed by atoms with E-state index >= 15 is 0 Å². The topological polar surface area (TPSA) is 43.6 Å². The number of hydrogen-bond acceptors (Lipinski definition) is 3. The molecule has 5 heteroatoms. The zero-order chi connectivity index (χ0) is 11.0. The van der Waals surface area contributed by atoms with Crippen molar-refractivity contribution in [3.8, 4) is 11.5 Å². The first kappa shape index (κ1) is 9.62. The second-order valence-electron chi connectivity index (χ2n) is 3.37. The van der Waals surface area contributed by atoms with E-state index in [9.17, 15) is 0 Å². The molecule has 74 valence electrons. The van der Waals surface area contributed by atoms with Gasteiger partial charge < -0.3 is 0 Å². The molecule has 0 saturated heterocycles. The van der Waals surface area contributed by atoms with E-state index in [1.54, 1.807) is 12.4 Å². The van der Waals surface area contributed by atoms with Crippen LogP contribution in [0.25, 0.3) is 22.7 Å². The summed E-state index contributed by atoms with van der Waals surface area (Å²) in [5.41, 5.74) is 2.69. The molecular formula is C11H7GaN4. The quantitative estimate of drug-likeness (QED) is 0.625. The molecule has 0 aliphatic carbocycles. The van der Waals surface area contributed by atoms with Gasteiger partial charge in [-0.3, -0.25) is 0 Å². The van der Waals surface area contributed by atoms with Crippen molar-refractivity contribution in [3.63, 3.8) is 0 Å². The molecule has 0 aromatic carbocycles. The molecule has 4 nitrogen and oxygen atoms in total. The summed E-state index contributed by atoms with van der Waals surface area (Å²) in [4.78, 5) is 13.0. The molecule has 0 bridgehead atoms. The predicted octanol–water partition coefficient (Wildman–Crippen LogP) is 1.42. The summed E-state index contributed by atoms with van der Waals surface area (Å²) < 4.78 is 2.07. The van der Waals surface area contributed by atoms with E-state index in [4.69, 9.17) is 0 Å². The van der Waals surface area contributed by atoms with Gasteiger partial charge in [0.15, 0.2) is 0 Å². The van der Waals surface area contributed by atoms with Crippen LogP contribution in [0.3, 0.4) is 0 Å². The first-order chi connectivity index (χ1) is 7.86. The van der Waals surface area contributed by atoms with Crippen molar-refractivity contribution >= 4 is 30.0 Å². The minimum atomic E-state index is 0.771. The monoisotopic (exact) mass is 264 g/mol. The van der Waals surface area contributed by atoms with Crippen LogP contribution in [0.4, 0.5) is 0 Å². The fourth-order valence-corrected chi connectivity index (χ4v) is 2.43. The molecule has 3 aromatic rings. The van der Waals surface area contributed by atoms with Gasteiger partial charge in [0.1, 0.15) is 0 Å². The van der Waals surface area contributed by atoms with E-state index < -0.39 is 0 Å². The van der Waals surface area contributed by atoms with Gasteiger partial charge in [-0.15, -0.1) is 0 Å². The zero-order valence-electron chi connectivity index (χ0n) is 8.41. The Hall–Kier alpha value is -1.59. The fraction of sp³-hybridized carbons (Fsp3) is 0. The second-order valence-corrected chi connectivity index (χ2v) is 4.45. The fourth-order valence-electron chi connectivity index (χ4n) is 1.61. The van der Waals surface area contributed by atoms with Gasteiger partial charge in [-0.25, -0.2) is 0 Å². The number of rotatable bonds is 1. The van der Waals surface area contributed by atoms with Gasteiger partial charge in [0, 0.05) is 0 Å². The molecule has 3 heterocycles. The van der Waals surface area contributed by atoms with Gasteiger partial charge in [-0.05, 0) is 0 Å². The molecule has 0 unspecified atom stereocenters. The summed E-state index contributed by atoms with van der Waals surface area (Å²) >= 11 is 1.48. The van der Waals surface area contributed by atoms with Gasteiger partial charge in [-0.1, -0.05) is 0 Å². The Morgan fingerprint density at radius 1 is 1.00 bits per heavy atom. The third kappa shape index (κ3) is 1.45. The van der Waals surface area contributed by atoms with Crippen molar-refractivity contribution < 1.29 is 0 Å². The predicted molar refractivity (Wildman–Crippen MR) is 61.9 cm³/mol. The molecule has 3 aromatic heterocycles. The van der Waals surface area contributed by atoms with Crippen LogP contribution in [0.2, 0.25) is 0 Å². The molecule has 0 aliphatic heterocycles. The normalized spacial score (nSPS) is 10.8. The summed E-state index contributed by atoms with van der Waals surface area (Å²) in [6.07, 6.45) is 3.53. The number of aromatic nitrogens is 4. The van der Waals surface area contributed by atoms with Crippen molar-refractivity contribution in [1.29, 1.82) is 0 Å². The van der Waals surface area contributed by atoms with Crippen molar-refractivity contribution in [2.24, 2.45) is 0 Å². The number of pyridine rings is 2. The minimum absolute atomic E-state index is 0.771. The molecule has 2 radical (unpaired) electrons. The number of imidazole rings is 1. The Morgan fingerprint density at radius 2 is 1.88 bits per heavy atom. The maximum absolute atomic E-state index is 4.49. The van der Waals surface area contributed by atoms with Crippen LogP contribution in [-0.2, 0) is 0 Å². The van der Waals surface area contributed by atoms with E-state index in [1.807, 2.05) is 30.3 Å². The van der Waals surface area contributed by atoms with Gasteiger partial charge >= 0.3 is 102 Å². The SMILES string of the molecule is [Ga][n]1c(-c2ccccn2)nc2ncccc21. The Kier molecular flexibility index (Phi) is 2.26. The Bertz CT molecular complexity index is 633. The molecule has 0 aliphatic rings. The van der Waals surface area contributed by atoms with Crippen LogP contribution >= 0.6 is 0 Å². The molecule has 3 rings (SSSR count). The summed E-state index contributed by atoms with van der Waals surface area (Å²) in [5, 5.41) is 0. The van der Waals surface area contributed by atoms with Gasteiger partial charge in [0.25, 0.3) is 0 Å². The summed E-state index contributed by atoms with van der Waals surface area (Å²) in [7, 11) is 0. The Morgan fingerprint density at radius 3 is 2.62 bits per heavy atom. The average Bonchev–Trinajstić information content (AvgIpc) is 2.69. The van der Waals surface area contributed by atoms with Crippen LogP contribution < -0.4 is 0 Å². The van der Waals surface area contributed by atoms with E-state index in [-0.39, 0.29) is 0 Å². The van der Waals surface area contributed by atoms with Crippen LogP contribution in [-0.4, -0.2) is 37.1 Å². The molecule has 0 atom stereocenters. The summed E-state index contributed by atoms with van der Waals surface area (Å²) in [6, 6.07) is 9.75. The molecule has 0 amide bonds. The maximum atomic E-state index is 4.49. The van der Waals surface area contributed by atoms with Crippen molar-refractivity contribution in [2.75, 3.05) is 0 Å². The molecule has 0 fully saturated rings. The first-order valence-electron chi connectivity index (χ1n) is 4.86. The average molecular weight is 265 g/mol. The third-order valence-corrected chi connectivity index (χ3v) is 3.46. The van der Waals surface area contributed by atoms with Crippen molar-refractivity contribution in [2.45, 2.75) is 0 Å². The molecule has 16 heavy (non-hydrogen) atoms. The number of fused-ring (bicyclic) bond motifs is 1. The van der Waals surface area contributed by atoms with E-state index in [0.29, 0.717) is 0 Å². The van der Waals surface area contributed by atoms with Gasteiger partial charge in [0.2, 0.25) is 0 Å². The molecule has 0 saturated carbocycles. The first-order valence-corrected chi connectivity index (χ1v) is 5.94. The summed E-state index contributed by atoms with van der Waals surface area (Å²) in [5.74, 6) is 0.870. The number of hydrogen-bond donors (Lipinski definition) is 0. The Labute approximate surface area is 103 Å². The molecule has 0 spiro atoms. The van der Waals surface area contributed by atoms with Crippen LogP contribution in [0.15, 0.2) is 42.7 Å². The third-order valence-electron chi connectivity index (χ3n) is 2.36. The van der Waals surface area contributed by atoms with Gasteiger partial charge in [0.05, 0.1) is 0 Å².